The second-order valence-corrected chi connectivity index (χ2v) is 6.79. The molecule has 0 amide bonds. The number of methoxy groups -OCH3 is 1. The number of fused-ring (bicyclic) bond motifs is 1. The molecule has 21 heavy (non-hydrogen) atoms. The highest BCUT2D eigenvalue weighted by molar-refractivity contribution is 7.93. The largest absolute Gasteiger partial charge is 0.497 e. The van der Waals surface area contributed by atoms with Crippen LogP contribution in [-0.2, 0) is 9.73 Å². The summed E-state index contributed by atoms with van der Waals surface area (Å²) in [4.78, 5) is 4.82. The van der Waals surface area contributed by atoms with Crippen LogP contribution in [0.5, 0.6) is 5.75 Å². The summed E-state index contributed by atoms with van der Waals surface area (Å²) in [5.74, 6) is 0.704. The SMILES string of the molecule is COc1ccc(S(C)(=O)=Nc2nc3ccccc3o2)cc1. The Morgan fingerprint density at radius 2 is 1.86 bits per heavy atom. The Bertz CT molecular complexity index is 858. The molecule has 0 aliphatic heterocycles. The van der Waals surface area contributed by atoms with E-state index in [4.69, 9.17) is 9.15 Å². The molecule has 1 unspecified atom stereocenters. The number of ether oxygens (including phenoxy) is 1. The summed E-state index contributed by atoms with van der Waals surface area (Å²) in [6.07, 6.45) is 1.56. The van der Waals surface area contributed by atoms with Gasteiger partial charge in [-0.15, -0.1) is 4.36 Å². The lowest BCUT2D eigenvalue weighted by atomic mass is 10.3. The van der Waals surface area contributed by atoms with E-state index in [0.29, 0.717) is 21.7 Å². The topological polar surface area (TPSA) is 64.7 Å². The van der Waals surface area contributed by atoms with Gasteiger partial charge in [0.25, 0.3) is 0 Å². The molecule has 6 heteroatoms. The van der Waals surface area contributed by atoms with Crippen LogP contribution in [0.25, 0.3) is 11.1 Å². The van der Waals surface area contributed by atoms with Crippen LogP contribution in [0.15, 0.2) is 62.2 Å². The van der Waals surface area contributed by atoms with Gasteiger partial charge in [-0.3, -0.25) is 0 Å². The monoisotopic (exact) mass is 302 g/mol. The smallest absolute Gasteiger partial charge is 0.331 e. The summed E-state index contributed by atoms with van der Waals surface area (Å²) in [5, 5.41) is 0. The standard InChI is InChI=1S/C15H14N2O3S/c1-19-11-7-9-12(10-8-11)21(2,18)17-15-16-13-5-3-4-6-14(13)20-15/h3-10H,1-2H3. The Kier molecular flexibility index (Phi) is 3.39. The molecule has 2 aromatic carbocycles. The van der Waals surface area contributed by atoms with Crippen molar-refractivity contribution in [2.75, 3.05) is 13.4 Å². The molecule has 0 fully saturated rings. The zero-order valence-electron chi connectivity index (χ0n) is 11.6. The molecule has 0 saturated heterocycles. The van der Waals surface area contributed by atoms with Crippen molar-refractivity contribution in [1.82, 2.24) is 4.98 Å². The maximum Gasteiger partial charge on any atom is 0.331 e. The molecule has 0 bridgehead atoms. The Morgan fingerprint density at radius 1 is 1.14 bits per heavy atom. The average molecular weight is 302 g/mol. The van der Waals surface area contributed by atoms with Gasteiger partial charge in [0.15, 0.2) is 5.58 Å². The van der Waals surface area contributed by atoms with E-state index >= 15 is 0 Å². The summed E-state index contributed by atoms with van der Waals surface area (Å²) in [6.45, 7) is 0. The van der Waals surface area contributed by atoms with Gasteiger partial charge in [-0.2, -0.15) is 4.98 Å². The summed E-state index contributed by atoms with van der Waals surface area (Å²) >= 11 is 0. The number of hydrogen-bond donors (Lipinski definition) is 0. The highest BCUT2D eigenvalue weighted by atomic mass is 32.2. The Balaban J connectivity index is 2.04. The van der Waals surface area contributed by atoms with Crippen LogP contribution in [0.2, 0.25) is 0 Å². The molecular weight excluding hydrogens is 288 g/mol. The quantitative estimate of drug-likeness (QED) is 0.741. The lowest BCUT2D eigenvalue weighted by Gasteiger charge is -2.04. The number of benzene rings is 2. The molecule has 0 aliphatic rings. The van der Waals surface area contributed by atoms with Crippen LogP contribution in [0, 0.1) is 0 Å². The second-order valence-electron chi connectivity index (χ2n) is 4.53. The zero-order valence-corrected chi connectivity index (χ0v) is 12.5. The number of hydrogen-bond acceptors (Lipinski definition) is 5. The van der Waals surface area contributed by atoms with Crippen LogP contribution in [-0.4, -0.2) is 22.6 Å². The highest BCUT2D eigenvalue weighted by Gasteiger charge is 2.10. The van der Waals surface area contributed by atoms with E-state index in [2.05, 4.69) is 9.35 Å². The van der Waals surface area contributed by atoms with Crippen LogP contribution in [0.1, 0.15) is 0 Å². The van der Waals surface area contributed by atoms with Crippen LogP contribution in [0.3, 0.4) is 0 Å². The number of nitrogens with zero attached hydrogens (tertiary/aromatic N) is 2. The average Bonchev–Trinajstić information content (AvgIpc) is 2.88. The van der Waals surface area contributed by atoms with Crippen molar-refractivity contribution < 1.29 is 13.4 Å². The van der Waals surface area contributed by atoms with Crippen LogP contribution < -0.4 is 4.74 Å². The van der Waals surface area contributed by atoms with E-state index in [9.17, 15) is 4.21 Å². The first-order valence-electron chi connectivity index (χ1n) is 6.30. The third-order valence-electron chi connectivity index (χ3n) is 3.03. The molecule has 0 saturated carbocycles. The third kappa shape index (κ3) is 2.75. The maximum atomic E-state index is 12.7. The van der Waals surface area contributed by atoms with Crippen molar-refractivity contribution in [1.29, 1.82) is 0 Å². The predicted octanol–water partition coefficient (Wildman–Crippen LogP) is 3.62. The van der Waals surface area contributed by atoms with Crippen molar-refractivity contribution in [3.63, 3.8) is 0 Å². The van der Waals surface area contributed by atoms with Crippen molar-refractivity contribution in [3.05, 3.63) is 48.5 Å². The summed E-state index contributed by atoms with van der Waals surface area (Å²) in [7, 11) is -1.04. The van der Waals surface area contributed by atoms with Crippen molar-refractivity contribution in [2.24, 2.45) is 4.36 Å². The normalized spacial score (nSPS) is 13.8. The lowest BCUT2D eigenvalue weighted by molar-refractivity contribution is 0.414. The molecule has 5 nitrogen and oxygen atoms in total. The Labute approximate surface area is 122 Å². The first-order valence-corrected chi connectivity index (χ1v) is 8.22. The van der Waals surface area contributed by atoms with E-state index in [1.165, 1.54) is 0 Å². The summed E-state index contributed by atoms with van der Waals surface area (Å²) < 4.78 is 27.5. The fraction of sp³-hybridized carbons (Fsp3) is 0.133. The molecule has 3 aromatic rings. The molecule has 0 spiro atoms. The van der Waals surface area contributed by atoms with Gasteiger partial charge in [-0.05, 0) is 36.4 Å². The van der Waals surface area contributed by atoms with Gasteiger partial charge < -0.3 is 9.15 Å². The van der Waals surface area contributed by atoms with Gasteiger partial charge in [-0.25, -0.2) is 4.21 Å². The van der Waals surface area contributed by atoms with E-state index in [-0.39, 0.29) is 6.01 Å². The number of oxazole rings is 1. The summed E-state index contributed by atoms with van der Waals surface area (Å²) in [6, 6.07) is 14.4. The van der Waals surface area contributed by atoms with E-state index in [1.807, 2.05) is 18.2 Å². The minimum atomic E-state index is -2.62. The Hall–Kier alpha value is -2.34. The number of aromatic nitrogens is 1. The van der Waals surface area contributed by atoms with Gasteiger partial charge in [0.1, 0.15) is 11.3 Å². The molecule has 0 radical (unpaired) electrons. The molecular formula is C15H14N2O3S. The maximum absolute atomic E-state index is 12.7. The van der Waals surface area contributed by atoms with Gasteiger partial charge in [0, 0.05) is 11.2 Å². The van der Waals surface area contributed by atoms with E-state index in [1.54, 1.807) is 43.7 Å². The Morgan fingerprint density at radius 3 is 2.52 bits per heavy atom. The van der Waals surface area contributed by atoms with E-state index in [0.717, 1.165) is 0 Å². The zero-order chi connectivity index (χ0) is 14.9. The molecule has 0 N–H and O–H groups in total. The second kappa shape index (κ2) is 5.21. The summed E-state index contributed by atoms with van der Waals surface area (Å²) in [5.41, 5.74) is 1.32. The third-order valence-corrected chi connectivity index (χ3v) is 4.68. The lowest BCUT2D eigenvalue weighted by Crippen LogP contribution is -1.96. The molecule has 108 valence electrons. The number of rotatable bonds is 3. The molecule has 1 atom stereocenters. The fourth-order valence-electron chi connectivity index (χ4n) is 1.93. The first kappa shape index (κ1) is 13.6. The van der Waals surface area contributed by atoms with Gasteiger partial charge in [-0.1, -0.05) is 12.1 Å². The minimum absolute atomic E-state index is 0.125. The fourth-order valence-corrected chi connectivity index (χ4v) is 3.05. The van der Waals surface area contributed by atoms with Crippen molar-refractivity contribution in [3.8, 4) is 5.75 Å². The van der Waals surface area contributed by atoms with Crippen LogP contribution in [0.4, 0.5) is 6.01 Å². The molecule has 1 heterocycles. The van der Waals surface area contributed by atoms with Crippen molar-refractivity contribution in [2.45, 2.75) is 4.90 Å². The minimum Gasteiger partial charge on any atom is -0.497 e. The molecule has 0 aliphatic carbocycles. The van der Waals surface area contributed by atoms with Gasteiger partial charge >= 0.3 is 6.01 Å². The molecule has 1 aromatic heterocycles. The highest BCUT2D eigenvalue weighted by Crippen LogP contribution is 2.24. The van der Waals surface area contributed by atoms with E-state index < -0.39 is 9.73 Å². The van der Waals surface area contributed by atoms with Gasteiger partial charge in [0.05, 0.1) is 16.8 Å². The van der Waals surface area contributed by atoms with Crippen LogP contribution >= 0.6 is 0 Å². The molecule has 3 rings (SSSR count). The van der Waals surface area contributed by atoms with Gasteiger partial charge in [0.2, 0.25) is 0 Å². The first-order chi connectivity index (χ1) is 10.1. The van der Waals surface area contributed by atoms with Crippen molar-refractivity contribution >= 4 is 26.8 Å². The number of para-hydroxylation sites is 2. The predicted molar refractivity (Wildman–Crippen MR) is 81.4 cm³/mol.